The Kier molecular flexibility index (Phi) is 5.40. The molecule has 0 aliphatic carbocycles. The van der Waals surface area contributed by atoms with Crippen LogP contribution < -0.4 is 0 Å². The second-order valence-corrected chi connectivity index (χ2v) is 5.72. The second kappa shape index (κ2) is 6.99. The molecule has 0 aliphatic rings. The zero-order valence-corrected chi connectivity index (χ0v) is 13.4. The summed E-state index contributed by atoms with van der Waals surface area (Å²) in [6.45, 7) is 0. The maximum absolute atomic E-state index is 13.9. The molecular formula is C16H10Cl2F4O2. The normalized spacial score (nSPS) is 11.6. The first-order valence-electron chi connectivity index (χ1n) is 6.67. The topological polar surface area (TPSA) is 37.3 Å². The van der Waals surface area contributed by atoms with Gasteiger partial charge in [0.15, 0.2) is 5.78 Å². The first-order chi connectivity index (χ1) is 11.1. The Bertz CT molecular complexity index is 788. The quantitative estimate of drug-likeness (QED) is 0.547. The van der Waals surface area contributed by atoms with Crippen LogP contribution in [0.5, 0.6) is 5.75 Å². The van der Waals surface area contributed by atoms with Crippen molar-refractivity contribution in [1.82, 2.24) is 0 Å². The van der Waals surface area contributed by atoms with E-state index in [-0.39, 0.29) is 28.6 Å². The molecule has 2 aromatic carbocycles. The van der Waals surface area contributed by atoms with Crippen LogP contribution in [0, 0.1) is 5.82 Å². The standard InChI is InChI=1S/C16H10Cl2F4O2/c17-13-8(5-7-12(24)14(13)18)4-6-11(23)9-2-1-3-10(15(9)19)16(20,21)22/h1-3,5,7,24H,4,6H2. The van der Waals surface area contributed by atoms with Crippen molar-refractivity contribution >= 4 is 29.0 Å². The molecule has 0 amide bonds. The highest BCUT2D eigenvalue weighted by Crippen LogP contribution is 2.35. The zero-order chi connectivity index (χ0) is 18.1. The molecule has 0 aromatic heterocycles. The van der Waals surface area contributed by atoms with Gasteiger partial charge in [-0.2, -0.15) is 13.2 Å². The van der Waals surface area contributed by atoms with Gasteiger partial charge in [-0.3, -0.25) is 4.79 Å². The van der Waals surface area contributed by atoms with Crippen LogP contribution in [-0.4, -0.2) is 10.9 Å². The van der Waals surface area contributed by atoms with Gasteiger partial charge in [0.1, 0.15) is 16.6 Å². The van der Waals surface area contributed by atoms with E-state index in [2.05, 4.69) is 0 Å². The maximum atomic E-state index is 13.9. The van der Waals surface area contributed by atoms with E-state index in [1.807, 2.05) is 0 Å². The van der Waals surface area contributed by atoms with Crippen LogP contribution in [0.4, 0.5) is 17.6 Å². The van der Waals surface area contributed by atoms with Crippen molar-refractivity contribution in [3.05, 3.63) is 62.9 Å². The first-order valence-corrected chi connectivity index (χ1v) is 7.43. The summed E-state index contributed by atoms with van der Waals surface area (Å²) in [5.74, 6) is -2.62. The molecule has 0 fully saturated rings. The average Bonchev–Trinajstić information content (AvgIpc) is 2.50. The molecular weight excluding hydrogens is 371 g/mol. The highest BCUT2D eigenvalue weighted by atomic mass is 35.5. The molecule has 8 heteroatoms. The Morgan fingerprint density at radius 2 is 1.75 bits per heavy atom. The van der Waals surface area contributed by atoms with Gasteiger partial charge in [-0.1, -0.05) is 35.3 Å². The van der Waals surface area contributed by atoms with Gasteiger partial charge in [-0.05, 0) is 30.2 Å². The molecule has 1 N–H and O–H groups in total. The van der Waals surface area contributed by atoms with Crippen molar-refractivity contribution in [3.8, 4) is 5.75 Å². The van der Waals surface area contributed by atoms with E-state index in [0.717, 1.165) is 12.1 Å². The van der Waals surface area contributed by atoms with E-state index < -0.39 is 28.9 Å². The third-order valence-corrected chi connectivity index (χ3v) is 4.28. The third kappa shape index (κ3) is 3.82. The lowest BCUT2D eigenvalue weighted by Crippen LogP contribution is -2.13. The van der Waals surface area contributed by atoms with Crippen LogP contribution >= 0.6 is 23.2 Å². The van der Waals surface area contributed by atoms with Crippen LogP contribution in [0.3, 0.4) is 0 Å². The lowest BCUT2D eigenvalue weighted by atomic mass is 10.00. The van der Waals surface area contributed by atoms with Gasteiger partial charge in [0, 0.05) is 6.42 Å². The Labute approximate surface area is 144 Å². The van der Waals surface area contributed by atoms with Crippen molar-refractivity contribution in [3.63, 3.8) is 0 Å². The van der Waals surface area contributed by atoms with E-state index in [9.17, 15) is 27.5 Å². The predicted octanol–water partition coefficient (Wildman–Crippen LogP) is 5.67. The number of carbonyl (C=O) groups is 1. The summed E-state index contributed by atoms with van der Waals surface area (Å²) < 4.78 is 51.9. The summed E-state index contributed by atoms with van der Waals surface area (Å²) in [5, 5.41) is 9.33. The molecule has 2 rings (SSSR count). The number of halogens is 6. The Hall–Kier alpha value is -1.79. The largest absolute Gasteiger partial charge is 0.506 e. The number of alkyl halides is 3. The minimum absolute atomic E-state index is 0.0351. The minimum atomic E-state index is -4.88. The predicted molar refractivity (Wildman–Crippen MR) is 82.2 cm³/mol. The number of phenols is 1. The van der Waals surface area contributed by atoms with Gasteiger partial charge in [0.05, 0.1) is 16.1 Å². The number of carbonyl (C=O) groups excluding carboxylic acids is 1. The van der Waals surface area contributed by atoms with Crippen molar-refractivity contribution < 1.29 is 27.5 Å². The summed E-state index contributed by atoms with van der Waals surface area (Å²) >= 11 is 11.7. The molecule has 0 unspecified atom stereocenters. The summed E-state index contributed by atoms with van der Waals surface area (Å²) in [7, 11) is 0. The third-order valence-electron chi connectivity index (χ3n) is 3.37. The molecule has 0 bridgehead atoms. The van der Waals surface area contributed by atoms with Gasteiger partial charge in [0.25, 0.3) is 0 Å². The monoisotopic (exact) mass is 380 g/mol. The summed E-state index contributed by atoms with van der Waals surface area (Å²) in [6.07, 6.45) is -5.11. The summed E-state index contributed by atoms with van der Waals surface area (Å²) in [4.78, 5) is 12.0. The zero-order valence-electron chi connectivity index (χ0n) is 11.9. The van der Waals surface area contributed by atoms with Crippen LogP contribution in [0.15, 0.2) is 30.3 Å². The molecule has 0 saturated carbocycles. The Morgan fingerprint density at radius 1 is 1.08 bits per heavy atom. The van der Waals surface area contributed by atoms with Crippen molar-refractivity contribution in [2.24, 2.45) is 0 Å². The van der Waals surface area contributed by atoms with E-state index >= 15 is 0 Å². The number of benzene rings is 2. The first kappa shape index (κ1) is 18.5. The van der Waals surface area contributed by atoms with Crippen molar-refractivity contribution in [2.45, 2.75) is 19.0 Å². The molecule has 128 valence electrons. The fraction of sp³-hybridized carbons (Fsp3) is 0.188. The summed E-state index contributed by atoms with van der Waals surface area (Å²) in [5.41, 5.74) is -1.70. The van der Waals surface area contributed by atoms with Gasteiger partial charge in [0.2, 0.25) is 0 Å². The molecule has 24 heavy (non-hydrogen) atoms. The molecule has 2 nitrogen and oxygen atoms in total. The SMILES string of the molecule is O=C(CCc1ccc(O)c(Cl)c1Cl)c1cccc(C(F)(F)F)c1F. The maximum Gasteiger partial charge on any atom is 0.419 e. The van der Waals surface area contributed by atoms with Crippen LogP contribution in [-0.2, 0) is 12.6 Å². The van der Waals surface area contributed by atoms with Crippen LogP contribution in [0.1, 0.15) is 27.9 Å². The Morgan fingerprint density at radius 3 is 2.38 bits per heavy atom. The molecule has 2 aromatic rings. The lowest BCUT2D eigenvalue weighted by molar-refractivity contribution is -0.140. The smallest absolute Gasteiger partial charge is 0.419 e. The number of phenolic OH excluding ortho intramolecular Hbond substituents is 1. The fourth-order valence-electron chi connectivity index (χ4n) is 2.12. The number of ketones is 1. The van der Waals surface area contributed by atoms with E-state index in [1.54, 1.807) is 0 Å². The molecule has 0 spiro atoms. The van der Waals surface area contributed by atoms with Crippen molar-refractivity contribution in [2.75, 3.05) is 0 Å². The molecule has 0 aliphatic heterocycles. The number of aryl methyl sites for hydroxylation is 1. The van der Waals surface area contributed by atoms with Crippen LogP contribution in [0.2, 0.25) is 10.0 Å². The minimum Gasteiger partial charge on any atom is -0.506 e. The fourth-order valence-corrected chi connectivity index (χ4v) is 2.56. The number of hydrogen-bond donors (Lipinski definition) is 1. The lowest BCUT2D eigenvalue weighted by Gasteiger charge is -2.11. The second-order valence-electron chi connectivity index (χ2n) is 4.96. The van der Waals surface area contributed by atoms with Gasteiger partial charge in [-0.15, -0.1) is 0 Å². The van der Waals surface area contributed by atoms with E-state index in [1.165, 1.54) is 12.1 Å². The van der Waals surface area contributed by atoms with Crippen LogP contribution in [0.25, 0.3) is 0 Å². The van der Waals surface area contributed by atoms with Crippen molar-refractivity contribution in [1.29, 1.82) is 0 Å². The molecule has 0 radical (unpaired) electrons. The molecule has 0 saturated heterocycles. The number of rotatable bonds is 4. The highest BCUT2D eigenvalue weighted by molar-refractivity contribution is 6.43. The van der Waals surface area contributed by atoms with Gasteiger partial charge >= 0.3 is 6.18 Å². The molecule has 0 atom stereocenters. The number of hydrogen-bond acceptors (Lipinski definition) is 2. The summed E-state index contributed by atoms with van der Waals surface area (Å²) in [6, 6.07) is 5.25. The number of Topliss-reactive ketones (excluding diaryl/α,β-unsaturated/α-hetero) is 1. The Balaban J connectivity index is 2.21. The number of aromatic hydroxyl groups is 1. The highest BCUT2D eigenvalue weighted by Gasteiger charge is 2.35. The van der Waals surface area contributed by atoms with Gasteiger partial charge in [-0.25, -0.2) is 4.39 Å². The van der Waals surface area contributed by atoms with E-state index in [0.29, 0.717) is 11.6 Å². The average molecular weight is 381 g/mol. The van der Waals surface area contributed by atoms with Gasteiger partial charge < -0.3 is 5.11 Å². The van der Waals surface area contributed by atoms with E-state index in [4.69, 9.17) is 23.2 Å². The molecule has 0 heterocycles.